The van der Waals surface area contributed by atoms with Crippen molar-refractivity contribution in [2.45, 2.75) is 13.8 Å². The van der Waals surface area contributed by atoms with Crippen molar-refractivity contribution < 1.29 is 4.39 Å². The highest BCUT2D eigenvalue weighted by Gasteiger charge is 2.00. The monoisotopic (exact) mass is 242 g/mol. The maximum absolute atomic E-state index is 12.7. The number of halogens is 1. The zero-order chi connectivity index (χ0) is 13.0. The fourth-order valence-electron chi connectivity index (χ4n) is 1.71. The van der Waals surface area contributed by atoms with Crippen LogP contribution in [-0.4, -0.2) is 5.71 Å². The van der Waals surface area contributed by atoms with Crippen LogP contribution < -0.4 is 5.43 Å². The Morgan fingerprint density at radius 2 is 1.72 bits per heavy atom. The molecule has 0 atom stereocenters. The van der Waals surface area contributed by atoms with Gasteiger partial charge in [0.2, 0.25) is 0 Å². The molecule has 18 heavy (non-hydrogen) atoms. The van der Waals surface area contributed by atoms with E-state index in [2.05, 4.69) is 10.5 Å². The Balaban J connectivity index is 2.14. The molecule has 0 saturated carbocycles. The first-order valence-electron chi connectivity index (χ1n) is 5.78. The summed E-state index contributed by atoms with van der Waals surface area (Å²) in [5.74, 6) is -0.250. The third-order valence-electron chi connectivity index (χ3n) is 2.73. The predicted octanol–water partition coefficient (Wildman–Crippen LogP) is 3.97. The lowest BCUT2D eigenvalue weighted by atomic mass is 10.1. The SMILES string of the molecule is C/C(=N\Nc1ccc(F)cc1)c1ccccc1C. The molecule has 0 unspecified atom stereocenters. The Kier molecular flexibility index (Phi) is 3.72. The Morgan fingerprint density at radius 3 is 2.39 bits per heavy atom. The second-order valence-electron chi connectivity index (χ2n) is 4.13. The molecule has 2 rings (SSSR count). The molecule has 0 aromatic heterocycles. The van der Waals surface area contributed by atoms with Crippen LogP contribution in [0.5, 0.6) is 0 Å². The molecule has 3 heteroatoms. The predicted molar refractivity (Wildman–Crippen MR) is 73.4 cm³/mol. The average molecular weight is 242 g/mol. The average Bonchev–Trinajstić information content (AvgIpc) is 2.38. The first kappa shape index (κ1) is 12.3. The summed E-state index contributed by atoms with van der Waals surface area (Å²) in [5, 5.41) is 4.30. The van der Waals surface area contributed by atoms with Crippen molar-refractivity contribution >= 4 is 11.4 Å². The molecule has 0 bridgehead atoms. The fourth-order valence-corrected chi connectivity index (χ4v) is 1.71. The van der Waals surface area contributed by atoms with Crippen LogP contribution in [-0.2, 0) is 0 Å². The molecule has 2 aromatic rings. The van der Waals surface area contributed by atoms with Crippen molar-refractivity contribution in [3.63, 3.8) is 0 Å². The van der Waals surface area contributed by atoms with Crippen LogP contribution in [0.3, 0.4) is 0 Å². The van der Waals surface area contributed by atoms with Gasteiger partial charge in [0.05, 0.1) is 11.4 Å². The molecule has 92 valence electrons. The van der Waals surface area contributed by atoms with Gasteiger partial charge >= 0.3 is 0 Å². The maximum atomic E-state index is 12.7. The van der Waals surface area contributed by atoms with Crippen LogP contribution in [0.1, 0.15) is 18.1 Å². The van der Waals surface area contributed by atoms with E-state index >= 15 is 0 Å². The topological polar surface area (TPSA) is 24.4 Å². The number of nitrogens with one attached hydrogen (secondary N) is 1. The number of hydrogen-bond donors (Lipinski definition) is 1. The second kappa shape index (κ2) is 5.45. The highest BCUT2D eigenvalue weighted by Crippen LogP contribution is 2.11. The highest BCUT2D eigenvalue weighted by atomic mass is 19.1. The summed E-state index contributed by atoms with van der Waals surface area (Å²) in [6, 6.07) is 14.2. The highest BCUT2D eigenvalue weighted by molar-refractivity contribution is 6.00. The summed E-state index contributed by atoms with van der Waals surface area (Å²) in [4.78, 5) is 0. The van der Waals surface area contributed by atoms with E-state index in [-0.39, 0.29) is 5.82 Å². The zero-order valence-corrected chi connectivity index (χ0v) is 10.4. The summed E-state index contributed by atoms with van der Waals surface area (Å²) in [7, 11) is 0. The van der Waals surface area contributed by atoms with Gasteiger partial charge in [0.25, 0.3) is 0 Å². The molecule has 0 aliphatic heterocycles. The third kappa shape index (κ3) is 2.94. The van der Waals surface area contributed by atoms with Crippen LogP contribution in [0.15, 0.2) is 53.6 Å². The number of nitrogens with zero attached hydrogens (tertiary/aromatic N) is 1. The Bertz CT molecular complexity index is 559. The molecule has 2 nitrogen and oxygen atoms in total. The van der Waals surface area contributed by atoms with Crippen molar-refractivity contribution in [3.05, 3.63) is 65.5 Å². The van der Waals surface area contributed by atoms with E-state index in [9.17, 15) is 4.39 Å². The second-order valence-corrected chi connectivity index (χ2v) is 4.13. The Hall–Kier alpha value is -2.16. The minimum absolute atomic E-state index is 0.250. The number of benzene rings is 2. The Morgan fingerprint density at radius 1 is 1.06 bits per heavy atom. The maximum Gasteiger partial charge on any atom is 0.123 e. The molecule has 0 aliphatic carbocycles. The van der Waals surface area contributed by atoms with E-state index in [1.807, 2.05) is 38.1 Å². The summed E-state index contributed by atoms with van der Waals surface area (Å²) < 4.78 is 12.7. The van der Waals surface area contributed by atoms with Crippen LogP contribution in [0, 0.1) is 12.7 Å². The smallest absolute Gasteiger partial charge is 0.123 e. The number of hydrazone groups is 1. The van der Waals surface area contributed by atoms with Crippen LogP contribution >= 0.6 is 0 Å². The van der Waals surface area contributed by atoms with Crippen LogP contribution in [0.2, 0.25) is 0 Å². The molecular formula is C15H15FN2. The van der Waals surface area contributed by atoms with Crippen molar-refractivity contribution in [3.8, 4) is 0 Å². The number of anilines is 1. The van der Waals surface area contributed by atoms with Gasteiger partial charge in [0.1, 0.15) is 5.82 Å². The van der Waals surface area contributed by atoms with Gasteiger partial charge in [-0.05, 0) is 43.7 Å². The zero-order valence-electron chi connectivity index (χ0n) is 10.4. The van der Waals surface area contributed by atoms with Crippen molar-refractivity contribution in [2.75, 3.05) is 5.43 Å². The lowest BCUT2D eigenvalue weighted by Crippen LogP contribution is -2.01. The molecule has 0 aliphatic rings. The van der Waals surface area contributed by atoms with Gasteiger partial charge in [-0.15, -0.1) is 0 Å². The van der Waals surface area contributed by atoms with Gasteiger partial charge in [0.15, 0.2) is 0 Å². The molecule has 1 N–H and O–H groups in total. The lowest BCUT2D eigenvalue weighted by Gasteiger charge is -2.06. The molecule has 0 radical (unpaired) electrons. The van der Waals surface area contributed by atoms with Crippen molar-refractivity contribution in [1.82, 2.24) is 0 Å². The van der Waals surface area contributed by atoms with Crippen LogP contribution in [0.4, 0.5) is 10.1 Å². The molecule has 0 amide bonds. The van der Waals surface area contributed by atoms with Gasteiger partial charge < -0.3 is 0 Å². The lowest BCUT2D eigenvalue weighted by molar-refractivity contribution is 0.628. The van der Waals surface area contributed by atoms with E-state index in [0.717, 1.165) is 17.0 Å². The summed E-state index contributed by atoms with van der Waals surface area (Å²) >= 11 is 0. The summed E-state index contributed by atoms with van der Waals surface area (Å²) in [6.07, 6.45) is 0. The van der Waals surface area contributed by atoms with Gasteiger partial charge in [-0.3, -0.25) is 5.43 Å². The molecular weight excluding hydrogens is 227 g/mol. The number of aryl methyl sites for hydroxylation is 1. The summed E-state index contributed by atoms with van der Waals surface area (Å²) in [5.41, 5.74) is 6.87. The number of hydrogen-bond acceptors (Lipinski definition) is 2. The van der Waals surface area contributed by atoms with Gasteiger partial charge in [-0.2, -0.15) is 5.10 Å². The van der Waals surface area contributed by atoms with E-state index in [1.54, 1.807) is 12.1 Å². The van der Waals surface area contributed by atoms with Gasteiger partial charge in [0, 0.05) is 5.56 Å². The minimum Gasteiger partial charge on any atom is -0.278 e. The largest absolute Gasteiger partial charge is 0.278 e. The molecule has 0 fully saturated rings. The van der Waals surface area contributed by atoms with Gasteiger partial charge in [-0.1, -0.05) is 24.3 Å². The van der Waals surface area contributed by atoms with Gasteiger partial charge in [-0.25, -0.2) is 4.39 Å². The first-order chi connectivity index (χ1) is 8.66. The van der Waals surface area contributed by atoms with E-state index in [4.69, 9.17) is 0 Å². The van der Waals surface area contributed by atoms with E-state index in [0.29, 0.717) is 0 Å². The molecule has 0 heterocycles. The molecule has 0 saturated heterocycles. The standard InChI is InChI=1S/C15H15FN2/c1-11-5-3-4-6-15(11)12(2)17-18-14-9-7-13(16)8-10-14/h3-10,18H,1-2H3/b17-12+. The first-order valence-corrected chi connectivity index (χ1v) is 5.78. The fraction of sp³-hybridized carbons (Fsp3) is 0.133. The number of rotatable bonds is 3. The van der Waals surface area contributed by atoms with E-state index < -0.39 is 0 Å². The van der Waals surface area contributed by atoms with Crippen molar-refractivity contribution in [2.24, 2.45) is 5.10 Å². The minimum atomic E-state index is -0.250. The molecule has 0 spiro atoms. The van der Waals surface area contributed by atoms with Crippen LogP contribution in [0.25, 0.3) is 0 Å². The Labute approximate surface area is 106 Å². The van der Waals surface area contributed by atoms with Crippen molar-refractivity contribution in [1.29, 1.82) is 0 Å². The quantitative estimate of drug-likeness (QED) is 0.639. The van der Waals surface area contributed by atoms with E-state index in [1.165, 1.54) is 17.7 Å². The third-order valence-corrected chi connectivity index (χ3v) is 2.73. The normalized spacial score (nSPS) is 11.4. The summed E-state index contributed by atoms with van der Waals surface area (Å²) in [6.45, 7) is 3.99. The molecule has 2 aromatic carbocycles.